The molecule has 2 heteroatoms. The van der Waals surface area contributed by atoms with E-state index in [-0.39, 0.29) is 0 Å². The summed E-state index contributed by atoms with van der Waals surface area (Å²) in [5.41, 5.74) is 2.98. The van der Waals surface area contributed by atoms with Crippen LogP contribution in [0.5, 0.6) is 0 Å². The average Bonchev–Trinajstić information content (AvgIpc) is 2.66. The summed E-state index contributed by atoms with van der Waals surface area (Å²) in [5.74, 6) is 0. The van der Waals surface area contributed by atoms with Crippen molar-refractivity contribution in [3.63, 3.8) is 0 Å². The molecule has 112 valence electrons. The van der Waals surface area contributed by atoms with Gasteiger partial charge in [0.1, 0.15) is 0 Å². The molecule has 1 aromatic heterocycles. The number of hydrogen-bond acceptors (Lipinski definition) is 2. The Morgan fingerprint density at radius 1 is 1.14 bits per heavy atom. The summed E-state index contributed by atoms with van der Waals surface area (Å²) in [6.45, 7) is 5.74. The first-order valence-electron chi connectivity index (χ1n) is 8.20. The van der Waals surface area contributed by atoms with E-state index in [1.54, 1.807) is 0 Å². The fourth-order valence-corrected chi connectivity index (χ4v) is 3.43. The van der Waals surface area contributed by atoms with Gasteiger partial charge in [0.15, 0.2) is 0 Å². The fourth-order valence-electron chi connectivity index (χ4n) is 3.43. The number of aromatic nitrogens is 1. The zero-order valence-corrected chi connectivity index (χ0v) is 13.2. The van der Waals surface area contributed by atoms with Crippen LogP contribution in [0.4, 0.5) is 0 Å². The maximum atomic E-state index is 4.55. The van der Waals surface area contributed by atoms with Gasteiger partial charge in [-0.05, 0) is 42.7 Å². The van der Waals surface area contributed by atoms with Crippen LogP contribution >= 0.6 is 0 Å². The van der Waals surface area contributed by atoms with E-state index in [4.69, 9.17) is 0 Å². The highest BCUT2D eigenvalue weighted by molar-refractivity contribution is 5.81. The van der Waals surface area contributed by atoms with Gasteiger partial charge >= 0.3 is 0 Å². The first kappa shape index (κ1) is 14.5. The molecule has 1 saturated carbocycles. The van der Waals surface area contributed by atoms with Crippen molar-refractivity contribution in [3.05, 3.63) is 42.1 Å². The molecule has 1 aliphatic carbocycles. The molecule has 1 aromatic carbocycles. The van der Waals surface area contributed by atoms with E-state index in [1.807, 2.05) is 12.3 Å². The Morgan fingerprint density at radius 2 is 2.00 bits per heavy atom. The molecular formula is C19H26N2. The molecular weight excluding hydrogens is 256 g/mol. The summed E-state index contributed by atoms with van der Waals surface area (Å²) in [6.07, 6.45) is 8.53. The molecule has 21 heavy (non-hydrogen) atoms. The van der Waals surface area contributed by atoms with Gasteiger partial charge in [-0.25, -0.2) is 0 Å². The van der Waals surface area contributed by atoms with E-state index >= 15 is 0 Å². The van der Waals surface area contributed by atoms with Crippen LogP contribution in [0.25, 0.3) is 10.9 Å². The van der Waals surface area contributed by atoms with Gasteiger partial charge in [0.05, 0.1) is 5.52 Å². The Hall–Kier alpha value is -1.41. The van der Waals surface area contributed by atoms with Crippen LogP contribution in [-0.2, 0) is 6.54 Å². The summed E-state index contributed by atoms with van der Waals surface area (Å²) in [4.78, 5) is 4.55. The molecule has 0 saturated heterocycles. The monoisotopic (exact) mass is 282 g/mol. The first-order chi connectivity index (χ1) is 10.1. The minimum atomic E-state index is 0.525. The quantitative estimate of drug-likeness (QED) is 0.827. The molecule has 1 heterocycles. The number of fused-ring (bicyclic) bond motifs is 1. The second kappa shape index (κ2) is 6.15. The molecule has 0 amide bonds. The Bertz CT molecular complexity index is 598. The number of nitrogens with zero attached hydrogens (tertiary/aromatic N) is 1. The normalized spacial score (nSPS) is 22.1. The van der Waals surface area contributed by atoms with Crippen molar-refractivity contribution in [2.45, 2.75) is 58.5 Å². The van der Waals surface area contributed by atoms with Crippen LogP contribution in [-0.4, -0.2) is 11.0 Å². The van der Waals surface area contributed by atoms with Gasteiger partial charge < -0.3 is 5.32 Å². The summed E-state index contributed by atoms with van der Waals surface area (Å²) in [5, 5.41) is 5.00. The summed E-state index contributed by atoms with van der Waals surface area (Å²) < 4.78 is 0. The lowest BCUT2D eigenvalue weighted by molar-refractivity contribution is 0.309. The van der Waals surface area contributed by atoms with Crippen LogP contribution in [0.3, 0.4) is 0 Å². The third-order valence-electron chi connectivity index (χ3n) is 4.87. The van der Waals surface area contributed by atoms with Crippen LogP contribution in [0.1, 0.15) is 51.5 Å². The lowest BCUT2D eigenvalue weighted by atomic mass is 9.85. The van der Waals surface area contributed by atoms with Crippen LogP contribution < -0.4 is 5.32 Å². The smallest absolute Gasteiger partial charge is 0.0746 e. The van der Waals surface area contributed by atoms with Gasteiger partial charge in [-0.1, -0.05) is 44.5 Å². The average molecular weight is 282 g/mol. The maximum Gasteiger partial charge on any atom is 0.0746 e. The van der Waals surface area contributed by atoms with Crippen molar-refractivity contribution >= 4 is 10.9 Å². The van der Waals surface area contributed by atoms with Crippen molar-refractivity contribution in [1.82, 2.24) is 10.3 Å². The van der Waals surface area contributed by atoms with E-state index < -0.39 is 0 Å². The fraction of sp³-hybridized carbons (Fsp3) is 0.526. The Labute approximate surface area is 128 Å². The Balaban J connectivity index is 1.67. The van der Waals surface area contributed by atoms with Crippen molar-refractivity contribution < 1.29 is 0 Å². The van der Waals surface area contributed by atoms with Crippen molar-refractivity contribution in [2.75, 3.05) is 0 Å². The van der Waals surface area contributed by atoms with Crippen LogP contribution in [0.15, 0.2) is 36.5 Å². The highest BCUT2D eigenvalue weighted by Crippen LogP contribution is 2.33. The molecule has 1 aliphatic rings. The van der Waals surface area contributed by atoms with E-state index in [1.165, 1.54) is 43.1 Å². The van der Waals surface area contributed by atoms with Gasteiger partial charge in [-0.3, -0.25) is 4.98 Å². The largest absolute Gasteiger partial charge is 0.310 e. The van der Waals surface area contributed by atoms with E-state index in [0.29, 0.717) is 11.5 Å². The maximum absolute atomic E-state index is 4.55. The summed E-state index contributed by atoms with van der Waals surface area (Å²) >= 11 is 0. The van der Waals surface area contributed by atoms with Crippen LogP contribution in [0, 0.1) is 5.41 Å². The minimum absolute atomic E-state index is 0.525. The molecule has 1 fully saturated rings. The van der Waals surface area contributed by atoms with Gasteiger partial charge in [0, 0.05) is 24.2 Å². The molecule has 1 N–H and O–H groups in total. The highest BCUT2D eigenvalue weighted by atomic mass is 14.9. The Kier molecular flexibility index (Phi) is 4.25. The summed E-state index contributed by atoms with van der Waals surface area (Å²) in [6, 6.07) is 11.3. The highest BCUT2D eigenvalue weighted by Gasteiger charge is 2.24. The molecule has 0 aliphatic heterocycles. The van der Waals surface area contributed by atoms with Crippen LogP contribution in [0.2, 0.25) is 0 Å². The third kappa shape index (κ3) is 3.62. The standard InChI is InChI=1S/C19H26N2/c1-19(2)11-4-9-17(10-12-19)21-14-16-7-3-6-15-8-5-13-20-18(15)16/h3,5-8,13,17,21H,4,9-12,14H2,1-2H3. The van der Waals surface area contributed by atoms with Crippen molar-refractivity contribution in [3.8, 4) is 0 Å². The van der Waals surface area contributed by atoms with Gasteiger partial charge in [-0.15, -0.1) is 0 Å². The van der Waals surface area contributed by atoms with E-state index in [0.717, 1.165) is 12.1 Å². The molecule has 3 rings (SSSR count). The number of nitrogens with one attached hydrogen (secondary N) is 1. The van der Waals surface area contributed by atoms with Crippen molar-refractivity contribution in [1.29, 1.82) is 0 Å². The van der Waals surface area contributed by atoms with Gasteiger partial charge in [0.25, 0.3) is 0 Å². The lowest BCUT2D eigenvalue weighted by Crippen LogP contribution is -2.28. The molecule has 0 spiro atoms. The van der Waals surface area contributed by atoms with Crippen molar-refractivity contribution in [2.24, 2.45) is 5.41 Å². The topological polar surface area (TPSA) is 24.9 Å². The molecule has 2 aromatic rings. The number of hydrogen-bond donors (Lipinski definition) is 1. The number of para-hydroxylation sites is 1. The Morgan fingerprint density at radius 3 is 2.90 bits per heavy atom. The third-order valence-corrected chi connectivity index (χ3v) is 4.87. The first-order valence-corrected chi connectivity index (χ1v) is 8.20. The number of benzene rings is 1. The zero-order valence-electron chi connectivity index (χ0n) is 13.2. The van der Waals surface area contributed by atoms with E-state index in [9.17, 15) is 0 Å². The van der Waals surface area contributed by atoms with Gasteiger partial charge in [0.2, 0.25) is 0 Å². The minimum Gasteiger partial charge on any atom is -0.310 e. The lowest BCUT2D eigenvalue weighted by Gasteiger charge is -2.22. The molecule has 1 unspecified atom stereocenters. The number of pyridine rings is 1. The second-order valence-corrected chi connectivity index (χ2v) is 7.17. The van der Waals surface area contributed by atoms with Gasteiger partial charge in [-0.2, -0.15) is 0 Å². The molecule has 0 radical (unpaired) electrons. The molecule has 1 atom stereocenters. The molecule has 2 nitrogen and oxygen atoms in total. The predicted octanol–water partition coefficient (Wildman–Crippen LogP) is 4.68. The zero-order chi connectivity index (χ0) is 14.7. The number of rotatable bonds is 3. The molecule has 0 bridgehead atoms. The SMILES string of the molecule is CC1(C)CCCC(NCc2cccc3cccnc23)CC1. The summed E-state index contributed by atoms with van der Waals surface area (Å²) in [7, 11) is 0. The second-order valence-electron chi connectivity index (χ2n) is 7.17. The van der Waals surface area contributed by atoms with E-state index in [2.05, 4.69) is 48.4 Å². The predicted molar refractivity (Wildman–Crippen MR) is 89.2 cm³/mol.